The standard InChI is InChI=1S/C67H114O6/c1-4-7-10-13-16-18-20-22-24-26-28-30-31-32-33-34-35-37-38-40-42-44-46-48-51-54-57-60-66(69)72-63-64(62-71-65(68)59-56-53-50-15-12-9-6-3)73-67(70)61-58-55-52-49-47-45-43-41-39-36-29-27-25-23-21-19-17-14-11-8-5-2/h7,10,16,18,22,24,27-30,32-33,35,37,40,42,64H,4-6,8-9,11-15,17,19-21,23,25-26,31,34,36,38-39,41,43-63H2,1-3H3/b10-7-,18-16-,24-22-,29-27-,30-28-,33-32-,37-35-,42-40-. The first-order valence-corrected chi connectivity index (χ1v) is 30.7. The molecule has 0 fully saturated rings. The fourth-order valence-corrected chi connectivity index (χ4v) is 8.48. The molecule has 0 aliphatic carbocycles. The van der Waals surface area contributed by atoms with Gasteiger partial charge < -0.3 is 14.2 Å². The molecule has 418 valence electrons. The minimum absolute atomic E-state index is 0.0835. The zero-order valence-electron chi connectivity index (χ0n) is 47.9. The number of carbonyl (C=O) groups is 3. The second kappa shape index (κ2) is 60.9. The topological polar surface area (TPSA) is 78.9 Å². The smallest absolute Gasteiger partial charge is 0.306 e. The zero-order chi connectivity index (χ0) is 52.9. The van der Waals surface area contributed by atoms with Crippen LogP contribution in [0.25, 0.3) is 0 Å². The summed E-state index contributed by atoms with van der Waals surface area (Å²) in [5.74, 6) is -0.906. The van der Waals surface area contributed by atoms with Gasteiger partial charge in [-0.1, -0.05) is 266 Å². The van der Waals surface area contributed by atoms with Gasteiger partial charge in [0.05, 0.1) is 0 Å². The Hall–Kier alpha value is -3.67. The molecule has 1 atom stereocenters. The Morgan fingerprint density at radius 2 is 0.534 bits per heavy atom. The third-order valence-electron chi connectivity index (χ3n) is 13.1. The predicted octanol–water partition coefficient (Wildman–Crippen LogP) is 20.9. The quantitative estimate of drug-likeness (QED) is 0.0261. The number of unbranched alkanes of at least 4 members (excludes halogenated alkanes) is 28. The summed E-state index contributed by atoms with van der Waals surface area (Å²) in [6, 6.07) is 0. The van der Waals surface area contributed by atoms with E-state index in [1.807, 2.05) is 0 Å². The lowest BCUT2D eigenvalue weighted by atomic mass is 10.1. The third kappa shape index (κ3) is 59.1. The summed E-state index contributed by atoms with van der Waals surface area (Å²) in [6.07, 6.45) is 81.4. The molecule has 0 rings (SSSR count). The highest BCUT2D eigenvalue weighted by Gasteiger charge is 2.19. The van der Waals surface area contributed by atoms with E-state index in [0.717, 1.165) is 122 Å². The Labute approximate surface area is 451 Å². The fourth-order valence-electron chi connectivity index (χ4n) is 8.48. The van der Waals surface area contributed by atoms with Crippen LogP contribution in [0.1, 0.15) is 290 Å². The summed E-state index contributed by atoms with van der Waals surface area (Å²) in [5.41, 5.74) is 0. The normalized spacial score (nSPS) is 12.8. The summed E-state index contributed by atoms with van der Waals surface area (Å²) < 4.78 is 16.8. The minimum Gasteiger partial charge on any atom is -0.462 e. The molecule has 0 aromatic carbocycles. The highest BCUT2D eigenvalue weighted by Crippen LogP contribution is 2.15. The lowest BCUT2D eigenvalue weighted by Gasteiger charge is -2.18. The van der Waals surface area contributed by atoms with E-state index >= 15 is 0 Å². The van der Waals surface area contributed by atoms with Gasteiger partial charge in [0.15, 0.2) is 6.10 Å². The highest BCUT2D eigenvalue weighted by molar-refractivity contribution is 5.71. The summed E-state index contributed by atoms with van der Waals surface area (Å²) in [4.78, 5) is 38.0. The molecule has 0 saturated carbocycles. The Bertz CT molecular complexity index is 1440. The van der Waals surface area contributed by atoms with Gasteiger partial charge >= 0.3 is 17.9 Å². The van der Waals surface area contributed by atoms with E-state index in [9.17, 15) is 14.4 Å². The third-order valence-corrected chi connectivity index (χ3v) is 13.1. The molecule has 1 unspecified atom stereocenters. The second-order valence-corrected chi connectivity index (χ2v) is 20.2. The molecule has 0 aromatic heterocycles. The van der Waals surface area contributed by atoms with Crippen molar-refractivity contribution >= 4 is 17.9 Å². The Morgan fingerprint density at radius 3 is 0.849 bits per heavy atom. The van der Waals surface area contributed by atoms with Crippen molar-refractivity contribution in [3.8, 4) is 0 Å². The maximum Gasteiger partial charge on any atom is 0.306 e. The largest absolute Gasteiger partial charge is 0.462 e. The van der Waals surface area contributed by atoms with Crippen molar-refractivity contribution < 1.29 is 28.6 Å². The monoisotopic (exact) mass is 1010 g/mol. The van der Waals surface area contributed by atoms with Crippen LogP contribution in [0.2, 0.25) is 0 Å². The second-order valence-electron chi connectivity index (χ2n) is 20.2. The molecule has 0 aromatic rings. The van der Waals surface area contributed by atoms with Gasteiger partial charge in [-0.25, -0.2) is 0 Å². The van der Waals surface area contributed by atoms with Crippen molar-refractivity contribution in [1.29, 1.82) is 0 Å². The van der Waals surface area contributed by atoms with Crippen LogP contribution in [0, 0.1) is 0 Å². The van der Waals surface area contributed by atoms with Gasteiger partial charge in [0.1, 0.15) is 13.2 Å². The molecule has 0 aliphatic heterocycles. The number of hydrogen-bond acceptors (Lipinski definition) is 6. The molecule has 6 heteroatoms. The Balaban J connectivity index is 4.22. The molecule has 6 nitrogen and oxygen atoms in total. The fraction of sp³-hybridized carbons (Fsp3) is 0.716. The van der Waals surface area contributed by atoms with Crippen LogP contribution >= 0.6 is 0 Å². The van der Waals surface area contributed by atoms with Gasteiger partial charge in [-0.05, 0) is 103 Å². The van der Waals surface area contributed by atoms with Crippen LogP contribution in [0.5, 0.6) is 0 Å². The van der Waals surface area contributed by atoms with Crippen molar-refractivity contribution in [2.24, 2.45) is 0 Å². The molecule has 0 saturated heterocycles. The van der Waals surface area contributed by atoms with Crippen molar-refractivity contribution in [1.82, 2.24) is 0 Å². The maximum absolute atomic E-state index is 12.8. The molecule has 0 aliphatic rings. The molecule has 73 heavy (non-hydrogen) atoms. The average molecular weight is 1020 g/mol. The van der Waals surface area contributed by atoms with Crippen LogP contribution in [-0.2, 0) is 28.6 Å². The van der Waals surface area contributed by atoms with Gasteiger partial charge in [-0.3, -0.25) is 14.4 Å². The van der Waals surface area contributed by atoms with E-state index in [1.165, 1.54) is 128 Å². The summed E-state index contributed by atoms with van der Waals surface area (Å²) in [6.45, 7) is 6.48. The van der Waals surface area contributed by atoms with E-state index in [0.29, 0.717) is 19.3 Å². The van der Waals surface area contributed by atoms with Crippen LogP contribution < -0.4 is 0 Å². The summed E-state index contributed by atoms with van der Waals surface area (Å²) >= 11 is 0. The lowest BCUT2D eigenvalue weighted by molar-refractivity contribution is -0.167. The first kappa shape index (κ1) is 69.3. The predicted molar refractivity (Wildman–Crippen MR) is 316 cm³/mol. The molecule has 0 amide bonds. The number of rotatable bonds is 55. The number of hydrogen-bond donors (Lipinski definition) is 0. The average Bonchev–Trinajstić information content (AvgIpc) is 3.39. The van der Waals surface area contributed by atoms with Gasteiger partial charge in [0.25, 0.3) is 0 Å². The van der Waals surface area contributed by atoms with Crippen molar-refractivity contribution in [2.75, 3.05) is 13.2 Å². The number of carbonyl (C=O) groups excluding carboxylic acids is 3. The van der Waals surface area contributed by atoms with E-state index in [2.05, 4.69) is 118 Å². The molecule has 0 N–H and O–H groups in total. The molecular weight excluding hydrogens is 901 g/mol. The highest BCUT2D eigenvalue weighted by atomic mass is 16.6. The SMILES string of the molecule is CC/C=C\C/C=C\C/C=C\C/C=C\C/C=C\C/C=C\C/C=C\CCCCCCCC(=O)OCC(COC(=O)CCCCCCCCC)OC(=O)CCCCCCCCCCC/C=C\CCCCCCCCCC. The minimum atomic E-state index is -0.785. The van der Waals surface area contributed by atoms with E-state index in [-0.39, 0.29) is 31.1 Å². The van der Waals surface area contributed by atoms with Gasteiger partial charge in [-0.2, -0.15) is 0 Å². The molecular formula is C67H114O6. The molecule has 0 heterocycles. The van der Waals surface area contributed by atoms with Gasteiger partial charge in [-0.15, -0.1) is 0 Å². The molecule has 0 bridgehead atoms. The van der Waals surface area contributed by atoms with Crippen molar-refractivity contribution in [3.05, 3.63) is 97.2 Å². The van der Waals surface area contributed by atoms with Crippen molar-refractivity contribution in [2.45, 2.75) is 297 Å². The van der Waals surface area contributed by atoms with Gasteiger partial charge in [0.2, 0.25) is 0 Å². The van der Waals surface area contributed by atoms with Crippen LogP contribution in [-0.4, -0.2) is 37.2 Å². The number of allylic oxidation sites excluding steroid dienone is 16. The number of esters is 3. The summed E-state index contributed by atoms with van der Waals surface area (Å²) in [5, 5.41) is 0. The maximum atomic E-state index is 12.8. The Morgan fingerprint density at radius 1 is 0.288 bits per heavy atom. The van der Waals surface area contributed by atoms with E-state index in [4.69, 9.17) is 14.2 Å². The van der Waals surface area contributed by atoms with Gasteiger partial charge in [0, 0.05) is 19.3 Å². The van der Waals surface area contributed by atoms with Crippen LogP contribution in [0.4, 0.5) is 0 Å². The van der Waals surface area contributed by atoms with Crippen LogP contribution in [0.3, 0.4) is 0 Å². The first-order valence-electron chi connectivity index (χ1n) is 30.7. The number of ether oxygens (including phenoxy) is 3. The summed E-state index contributed by atoms with van der Waals surface area (Å²) in [7, 11) is 0. The zero-order valence-corrected chi connectivity index (χ0v) is 47.9. The Kier molecular flexibility index (Phi) is 57.8. The first-order chi connectivity index (χ1) is 36.0. The van der Waals surface area contributed by atoms with Crippen LogP contribution in [0.15, 0.2) is 97.2 Å². The molecule has 0 radical (unpaired) electrons. The van der Waals surface area contributed by atoms with E-state index < -0.39 is 6.10 Å². The van der Waals surface area contributed by atoms with E-state index in [1.54, 1.807) is 0 Å². The molecule has 0 spiro atoms. The lowest BCUT2D eigenvalue weighted by Crippen LogP contribution is -2.30. The van der Waals surface area contributed by atoms with Crippen molar-refractivity contribution in [3.63, 3.8) is 0 Å².